The van der Waals surface area contributed by atoms with Crippen LogP contribution in [0.2, 0.25) is 0 Å². The quantitative estimate of drug-likeness (QED) is 0.723. The van der Waals surface area contributed by atoms with Gasteiger partial charge in [-0.2, -0.15) is 0 Å². The number of amides is 2. The van der Waals surface area contributed by atoms with Gasteiger partial charge in [0.05, 0.1) is 19.7 Å². The van der Waals surface area contributed by atoms with Gasteiger partial charge in [0, 0.05) is 11.3 Å². The Kier molecular flexibility index (Phi) is 6.30. The molecule has 0 spiro atoms. The summed E-state index contributed by atoms with van der Waals surface area (Å²) in [6.07, 6.45) is 1.31. The third kappa shape index (κ3) is 5.00. The zero-order valence-electron chi connectivity index (χ0n) is 15.4. The van der Waals surface area contributed by atoms with Gasteiger partial charge in [-0.3, -0.25) is 9.69 Å². The highest BCUT2D eigenvalue weighted by atomic mass is 16.6. The molecule has 3 rings (SSSR count). The van der Waals surface area contributed by atoms with Crippen LogP contribution < -0.4 is 15.0 Å². The van der Waals surface area contributed by atoms with Crippen molar-refractivity contribution in [2.75, 3.05) is 24.6 Å². The summed E-state index contributed by atoms with van der Waals surface area (Å²) in [5.41, 5.74) is 1.33. The Morgan fingerprint density at radius 2 is 1.93 bits per heavy atom. The minimum Gasteiger partial charge on any atom is -0.494 e. The van der Waals surface area contributed by atoms with Crippen molar-refractivity contribution in [3.63, 3.8) is 0 Å². The van der Waals surface area contributed by atoms with Gasteiger partial charge in [-0.25, -0.2) is 4.79 Å². The number of hydrogen-bond donors (Lipinski definition) is 1. The van der Waals surface area contributed by atoms with E-state index in [1.165, 1.54) is 0 Å². The van der Waals surface area contributed by atoms with Crippen LogP contribution in [0.25, 0.3) is 0 Å². The summed E-state index contributed by atoms with van der Waals surface area (Å²) in [5, 5.41) is 2.82. The Labute approximate surface area is 159 Å². The molecule has 142 valence electrons. The third-order valence-corrected chi connectivity index (χ3v) is 4.32. The van der Waals surface area contributed by atoms with Crippen LogP contribution in [0.15, 0.2) is 54.6 Å². The van der Waals surface area contributed by atoms with Gasteiger partial charge in [0.2, 0.25) is 0 Å². The molecule has 1 heterocycles. The summed E-state index contributed by atoms with van der Waals surface area (Å²) in [7, 11) is 0. The highest BCUT2D eigenvalue weighted by molar-refractivity contribution is 5.94. The first-order chi connectivity index (χ1) is 13.2. The van der Waals surface area contributed by atoms with Gasteiger partial charge < -0.3 is 14.8 Å². The fourth-order valence-electron chi connectivity index (χ4n) is 2.79. The lowest BCUT2D eigenvalue weighted by molar-refractivity contribution is 0.0916. The largest absolute Gasteiger partial charge is 0.494 e. The molecular weight excluding hydrogens is 344 g/mol. The number of carbonyl (C=O) groups excluding carboxylic acids is 2. The first kappa shape index (κ1) is 18.8. The van der Waals surface area contributed by atoms with Crippen LogP contribution in [0.4, 0.5) is 10.5 Å². The summed E-state index contributed by atoms with van der Waals surface area (Å²) in [4.78, 5) is 25.9. The molecule has 1 atom stereocenters. The van der Waals surface area contributed by atoms with E-state index in [-0.39, 0.29) is 18.6 Å². The van der Waals surface area contributed by atoms with Crippen LogP contribution in [-0.2, 0) is 4.74 Å². The number of nitrogens with zero attached hydrogens (tertiary/aromatic N) is 1. The molecule has 2 aromatic carbocycles. The van der Waals surface area contributed by atoms with Gasteiger partial charge >= 0.3 is 6.09 Å². The van der Waals surface area contributed by atoms with Crippen LogP contribution in [0.5, 0.6) is 5.75 Å². The second-order valence-electron chi connectivity index (χ2n) is 6.39. The van der Waals surface area contributed by atoms with E-state index in [0.717, 1.165) is 24.3 Å². The molecule has 6 nitrogen and oxygen atoms in total. The van der Waals surface area contributed by atoms with E-state index in [1.54, 1.807) is 29.2 Å². The fraction of sp³-hybridized carbons (Fsp3) is 0.333. The predicted molar refractivity (Wildman–Crippen MR) is 103 cm³/mol. The van der Waals surface area contributed by atoms with Crippen LogP contribution >= 0.6 is 0 Å². The molecule has 1 fully saturated rings. The van der Waals surface area contributed by atoms with Crippen molar-refractivity contribution in [1.29, 1.82) is 0 Å². The second-order valence-corrected chi connectivity index (χ2v) is 6.39. The monoisotopic (exact) mass is 368 g/mol. The Bertz CT molecular complexity index is 762. The third-order valence-electron chi connectivity index (χ3n) is 4.32. The van der Waals surface area contributed by atoms with Crippen molar-refractivity contribution >= 4 is 17.7 Å². The SMILES string of the molecule is CCCCOc1ccc(C(=O)NC[C@H]2CN(c3ccccc3)C(=O)O2)cc1. The molecule has 2 aromatic rings. The molecule has 0 aliphatic carbocycles. The van der Waals surface area contributed by atoms with E-state index in [2.05, 4.69) is 12.2 Å². The van der Waals surface area contributed by atoms with E-state index in [4.69, 9.17) is 9.47 Å². The van der Waals surface area contributed by atoms with Gasteiger partial charge in [0.25, 0.3) is 5.91 Å². The Balaban J connectivity index is 1.48. The molecule has 1 N–H and O–H groups in total. The van der Waals surface area contributed by atoms with E-state index < -0.39 is 6.09 Å². The van der Waals surface area contributed by atoms with Crippen molar-refractivity contribution in [2.24, 2.45) is 0 Å². The molecule has 1 aliphatic heterocycles. The number of cyclic esters (lactones) is 1. The Morgan fingerprint density at radius 3 is 2.63 bits per heavy atom. The molecule has 0 aromatic heterocycles. The minimum atomic E-state index is -0.394. The summed E-state index contributed by atoms with van der Waals surface area (Å²) < 4.78 is 10.9. The molecule has 1 saturated heterocycles. The molecule has 0 saturated carbocycles. The Morgan fingerprint density at radius 1 is 1.19 bits per heavy atom. The average molecular weight is 368 g/mol. The van der Waals surface area contributed by atoms with Crippen molar-refractivity contribution in [3.8, 4) is 5.75 Å². The van der Waals surface area contributed by atoms with Gasteiger partial charge in [0.1, 0.15) is 11.9 Å². The molecule has 27 heavy (non-hydrogen) atoms. The highest BCUT2D eigenvalue weighted by Crippen LogP contribution is 2.21. The first-order valence-corrected chi connectivity index (χ1v) is 9.21. The number of hydrogen-bond acceptors (Lipinski definition) is 4. The van der Waals surface area contributed by atoms with Crippen molar-refractivity contribution < 1.29 is 19.1 Å². The summed E-state index contributed by atoms with van der Waals surface area (Å²) in [5.74, 6) is 0.549. The zero-order chi connectivity index (χ0) is 19.1. The topological polar surface area (TPSA) is 67.9 Å². The smallest absolute Gasteiger partial charge is 0.414 e. The summed E-state index contributed by atoms with van der Waals surface area (Å²) >= 11 is 0. The number of benzene rings is 2. The number of unbranched alkanes of at least 4 members (excludes halogenated alkanes) is 1. The molecule has 0 radical (unpaired) electrons. The van der Waals surface area contributed by atoms with Gasteiger partial charge in [-0.05, 0) is 42.8 Å². The van der Waals surface area contributed by atoms with Crippen molar-refractivity contribution in [2.45, 2.75) is 25.9 Å². The van der Waals surface area contributed by atoms with Crippen LogP contribution in [0, 0.1) is 0 Å². The fourth-order valence-corrected chi connectivity index (χ4v) is 2.79. The Hall–Kier alpha value is -3.02. The molecule has 0 bridgehead atoms. The molecular formula is C21H24N2O4. The number of anilines is 1. The predicted octanol–water partition coefficient (Wildman–Crippen LogP) is 3.62. The van der Waals surface area contributed by atoms with Crippen molar-refractivity contribution in [3.05, 3.63) is 60.2 Å². The lowest BCUT2D eigenvalue weighted by atomic mass is 10.2. The molecule has 2 amide bonds. The van der Waals surface area contributed by atoms with Crippen LogP contribution in [0.3, 0.4) is 0 Å². The maximum absolute atomic E-state index is 12.3. The zero-order valence-corrected chi connectivity index (χ0v) is 15.4. The summed E-state index contributed by atoms with van der Waals surface area (Å²) in [6, 6.07) is 16.4. The summed E-state index contributed by atoms with van der Waals surface area (Å²) in [6.45, 7) is 3.46. The second kappa shape index (κ2) is 9.07. The highest BCUT2D eigenvalue weighted by Gasteiger charge is 2.32. The number of para-hydroxylation sites is 1. The maximum Gasteiger partial charge on any atom is 0.414 e. The first-order valence-electron chi connectivity index (χ1n) is 9.21. The molecule has 6 heteroatoms. The number of nitrogens with one attached hydrogen (secondary N) is 1. The lowest BCUT2D eigenvalue weighted by Gasteiger charge is -2.13. The number of rotatable bonds is 8. The minimum absolute atomic E-state index is 0.204. The molecule has 1 aliphatic rings. The van der Waals surface area contributed by atoms with Gasteiger partial charge in [-0.15, -0.1) is 0 Å². The van der Waals surface area contributed by atoms with Gasteiger partial charge in [0.15, 0.2) is 0 Å². The lowest BCUT2D eigenvalue weighted by Crippen LogP contribution is -2.34. The standard InChI is InChI=1S/C21H24N2O4/c1-2-3-13-26-18-11-9-16(10-12-18)20(24)22-14-19-15-23(21(25)27-19)17-7-5-4-6-8-17/h4-12,19H,2-3,13-15H2,1H3,(H,22,24)/t19-/m0/s1. The number of ether oxygens (including phenoxy) is 2. The molecule has 0 unspecified atom stereocenters. The van der Waals surface area contributed by atoms with Crippen molar-refractivity contribution in [1.82, 2.24) is 5.32 Å². The van der Waals surface area contributed by atoms with E-state index in [0.29, 0.717) is 18.7 Å². The maximum atomic E-state index is 12.3. The van der Waals surface area contributed by atoms with E-state index in [1.807, 2.05) is 30.3 Å². The van der Waals surface area contributed by atoms with Gasteiger partial charge in [-0.1, -0.05) is 31.5 Å². The van der Waals surface area contributed by atoms with E-state index in [9.17, 15) is 9.59 Å². The average Bonchev–Trinajstić information content (AvgIpc) is 3.08. The van der Waals surface area contributed by atoms with E-state index >= 15 is 0 Å². The van der Waals surface area contributed by atoms with Crippen LogP contribution in [0.1, 0.15) is 30.1 Å². The normalized spacial score (nSPS) is 16.1. The van der Waals surface area contributed by atoms with Crippen LogP contribution in [-0.4, -0.2) is 37.8 Å². The number of carbonyl (C=O) groups is 2.